The van der Waals surface area contributed by atoms with Gasteiger partial charge in [0.05, 0.1) is 18.5 Å². The number of carboxylic acids is 1. The number of hydrogen-bond acceptors (Lipinski definition) is 3. The van der Waals surface area contributed by atoms with Gasteiger partial charge in [-0.2, -0.15) is 0 Å². The zero-order valence-electron chi connectivity index (χ0n) is 13.1. The van der Waals surface area contributed by atoms with Crippen molar-refractivity contribution in [3.8, 4) is 0 Å². The van der Waals surface area contributed by atoms with Crippen LogP contribution in [0.2, 0.25) is 0 Å². The number of carbonyl (C=O) groups excluding carboxylic acids is 2. The SMILES string of the molecule is CC(C)(C)C(=O)NCC(=O)NC1(CC(=O)O)CCCCC1. The maximum Gasteiger partial charge on any atom is 0.305 e. The van der Waals surface area contributed by atoms with Gasteiger partial charge in [0.1, 0.15) is 0 Å². The fourth-order valence-corrected chi connectivity index (χ4v) is 2.63. The second-order valence-electron chi connectivity index (χ2n) is 6.89. The highest BCUT2D eigenvalue weighted by Crippen LogP contribution is 2.31. The maximum absolute atomic E-state index is 12.0. The first kappa shape index (κ1) is 17.5. The first-order chi connectivity index (χ1) is 9.65. The van der Waals surface area contributed by atoms with Crippen LogP contribution in [0.25, 0.3) is 0 Å². The van der Waals surface area contributed by atoms with E-state index in [1.807, 2.05) is 0 Å². The van der Waals surface area contributed by atoms with Crippen LogP contribution in [0.4, 0.5) is 0 Å². The van der Waals surface area contributed by atoms with E-state index in [9.17, 15) is 14.4 Å². The van der Waals surface area contributed by atoms with E-state index in [0.29, 0.717) is 12.8 Å². The lowest BCUT2D eigenvalue weighted by atomic mass is 9.79. The predicted molar refractivity (Wildman–Crippen MR) is 78.7 cm³/mol. The third-order valence-corrected chi connectivity index (χ3v) is 3.80. The van der Waals surface area contributed by atoms with Gasteiger partial charge in [-0.3, -0.25) is 14.4 Å². The molecule has 120 valence electrons. The van der Waals surface area contributed by atoms with Crippen LogP contribution in [-0.4, -0.2) is 35.0 Å². The molecule has 1 aliphatic rings. The molecule has 0 spiro atoms. The molecular weight excluding hydrogens is 272 g/mol. The monoisotopic (exact) mass is 298 g/mol. The lowest BCUT2D eigenvalue weighted by Crippen LogP contribution is -2.54. The van der Waals surface area contributed by atoms with Crippen LogP contribution in [-0.2, 0) is 14.4 Å². The van der Waals surface area contributed by atoms with Crippen LogP contribution >= 0.6 is 0 Å². The van der Waals surface area contributed by atoms with Gasteiger partial charge in [-0.25, -0.2) is 0 Å². The van der Waals surface area contributed by atoms with Gasteiger partial charge in [0, 0.05) is 5.41 Å². The zero-order chi connectivity index (χ0) is 16.1. The standard InChI is InChI=1S/C15H26N2O4/c1-14(2,3)13(21)16-10-11(18)17-15(9-12(19)20)7-5-4-6-8-15/h4-10H2,1-3H3,(H,16,21)(H,17,18)(H,19,20). The summed E-state index contributed by atoms with van der Waals surface area (Å²) in [6.45, 7) is 5.20. The largest absolute Gasteiger partial charge is 0.481 e. The van der Waals surface area contributed by atoms with Gasteiger partial charge in [-0.15, -0.1) is 0 Å². The summed E-state index contributed by atoms with van der Waals surface area (Å²) < 4.78 is 0. The molecule has 2 amide bonds. The van der Waals surface area contributed by atoms with Crippen molar-refractivity contribution in [1.82, 2.24) is 10.6 Å². The molecule has 3 N–H and O–H groups in total. The van der Waals surface area contributed by atoms with Gasteiger partial charge in [0.2, 0.25) is 11.8 Å². The number of amides is 2. The fourth-order valence-electron chi connectivity index (χ4n) is 2.63. The van der Waals surface area contributed by atoms with E-state index in [2.05, 4.69) is 10.6 Å². The Labute approximate surface area is 125 Å². The minimum atomic E-state index is -0.907. The number of hydrogen-bond donors (Lipinski definition) is 3. The van der Waals surface area contributed by atoms with Crippen molar-refractivity contribution in [2.75, 3.05) is 6.54 Å². The molecule has 0 aromatic heterocycles. The number of nitrogens with one attached hydrogen (secondary N) is 2. The van der Waals surface area contributed by atoms with Crippen molar-refractivity contribution in [3.05, 3.63) is 0 Å². The third kappa shape index (κ3) is 5.73. The molecule has 0 unspecified atom stereocenters. The Balaban J connectivity index is 2.56. The Kier molecular flexibility index (Phi) is 5.75. The van der Waals surface area contributed by atoms with E-state index >= 15 is 0 Å². The van der Waals surface area contributed by atoms with Crippen LogP contribution in [0.5, 0.6) is 0 Å². The third-order valence-electron chi connectivity index (χ3n) is 3.80. The van der Waals surface area contributed by atoms with Crippen LogP contribution in [0.1, 0.15) is 59.3 Å². The number of carboxylic acid groups (broad SMARTS) is 1. The second kappa shape index (κ2) is 6.91. The molecule has 0 heterocycles. The van der Waals surface area contributed by atoms with Crippen molar-refractivity contribution in [2.24, 2.45) is 5.41 Å². The number of rotatable bonds is 5. The Morgan fingerprint density at radius 3 is 2.14 bits per heavy atom. The molecule has 0 bridgehead atoms. The first-order valence-electron chi connectivity index (χ1n) is 7.46. The van der Waals surface area contributed by atoms with Crippen LogP contribution in [0.3, 0.4) is 0 Å². The summed E-state index contributed by atoms with van der Waals surface area (Å²) in [5.74, 6) is -1.43. The highest BCUT2D eigenvalue weighted by molar-refractivity contribution is 5.87. The molecule has 1 fully saturated rings. The van der Waals surface area contributed by atoms with Crippen LogP contribution in [0, 0.1) is 5.41 Å². The normalized spacial score (nSPS) is 17.9. The van der Waals surface area contributed by atoms with Gasteiger partial charge in [0.15, 0.2) is 0 Å². The summed E-state index contributed by atoms with van der Waals surface area (Å²) in [6, 6.07) is 0. The number of aliphatic carboxylic acids is 1. The quantitative estimate of drug-likeness (QED) is 0.715. The molecule has 6 heteroatoms. The molecule has 0 aliphatic heterocycles. The number of carbonyl (C=O) groups is 3. The Bertz CT molecular complexity index is 406. The molecule has 0 saturated heterocycles. The molecule has 0 radical (unpaired) electrons. The zero-order valence-corrected chi connectivity index (χ0v) is 13.1. The molecule has 21 heavy (non-hydrogen) atoms. The van der Waals surface area contributed by atoms with Gasteiger partial charge < -0.3 is 15.7 Å². The predicted octanol–water partition coefficient (Wildman–Crippen LogP) is 1.44. The van der Waals surface area contributed by atoms with Gasteiger partial charge in [-0.05, 0) is 12.8 Å². The lowest BCUT2D eigenvalue weighted by Gasteiger charge is -2.37. The average molecular weight is 298 g/mol. The van der Waals surface area contributed by atoms with E-state index in [-0.39, 0.29) is 24.8 Å². The summed E-state index contributed by atoms with van der Waals surface area (Å²) in [5.41, 5.74) is -1.21. The van der Waals surface area contributed by atoms with Crippen molar-refractivity contribution in [3.63, 3.8) is 0 Å². The van der Waals surface area contributed by atoms with Crippen molar-refractivity contribution in [2.45, 2.75) is 64.8 Å². The summed E-state index contributed by atoms with van der Waals surface area (Å²) in [5, 5.41) is 14.5. The van der Waals surface area contributed by atoms with Gasteiger partial charge >= 0.3 is 5.97 Å². The molecule has 1 aliphatic carbocycles. The van der Waals surface area contributed by atoms with Crippen molar-refractivity contribution >= 4 is 17.8 Å². The summed E-state index contributed by atoms with van der Waals surface area (Å²) in [4.78, 5) is 34.8. The smallest absolute Gasteiger partial charge is 0.305 e. The molecule has 0 atom stereocenters. The minimum absolute atomic E-state index is 0.0635. The van der Waals surface area contributed by atoms with Crippen molar-refractivity contribution < 1.29 is 19.5 Å². The Hall–Kier alpha value is -1.59. The van der Waals surface area contributed by atoms with Crippen LogP contribution in [0.15, 0.2) is 0 Å². The van der Waals surface area contributed by atoms with E-state index in [1.54, 1.807) is 20.8 Å². The molecule has 0 aromatic carbocycles. The van der Waals surface area contributed by atoms with Crippen LogP contribution < -0.4 is 10.6 Å². The van der Waals surface area contributed by atoms with E-state index in [4.69, 9.17) is 5.11 Å². The summed E-state index contributed by atoms with van der Waals surface area (Å²) in [7, 11) is 0. The molecule has 0 aromatic rings. The lowest BCUT2D eigenvalue weighted by molar-refractivity contribution is -0.140. The highest BCUT2D eigenvalue weighted by Gasteiger charge is 2.35. The fraction of sp³-hybridized carbons (Fsp3) is 0.800. The topological polar surface area (TPSA) is 95.5 Å². The molecular formula is C15H26N2O4. The second-order valence-corrected chi connectivity index (χ2v) is 6.89. The van der Waals surface area contributed by atoms with E-state index < -0.39 is 16.9 Å². The van der Waals surface area contributed by atoms with Gasteiger partial charge in [-0.1, -0.05) is 40.0 Å². The highest BCUT2D eigenvalue weighted by atomic mass is 16.4. The summed E-state index contributed by atoms with van der Waals surface area (Å²) in [6.07, 6.45) is 4.20. The van der Waals surface area contributed by atoms with E-state index in [1.165, 1.54) is 0 Å². The molecule has 6 nitrogen and oxygen atoms in total. The molecule has 1 saturated carbocycles. The Morgan fingerprint density at radius 2 is 1.67 bits per heavy atom. The average Bonchev–Trinajstić information content (AvgIpc) is 2.34. The van der Waals surface area contributed by atoms with Gasteiger partial charge in [0.25, 0.3) is 0 Å². The first-order valence-corrected chi connectivity index (χ1v) is 7.46. The van der Waals surface area contributed by atoms with Crippen molar-refractivity contribution in [1.29, 1.82) is 0 Å². The minimum Gasteiger partial charge on any atom is -0.481 e. The molecule has 1 rings (SSSR count). The maximum atomic E-state index is 12.0. The Morgan fingerprint density at radius 1 is 1.10 bits per heavy atom. The van der Waals surface area contributed by atoms with E-state index in [0.717, 1.165) is 19.3 Å². The summed E-state index contributed by atoms with van der Waals surface area (Å²) >= 11 is 0.